The number of halogens is 1. The molecule has 192 valence electrons. The maximum Gasteiger partial charge on any atom is 0.237 e. The van der Waals surface area contributed by atoms with Gasteiger partial charge < -0.3 is 5.32 Å². The minimum absolute atomic E-state index is 0.00721. The molecule has 1 saturated heterocycles. The van der Waals surface area contributed by atoms with E-state index in [1.54, 1.807) is 12.1 Å². The molecule has 1 saturated carbocycles. The van der Waals surface area contributed by atoms with Gasteiger partial charge in [0.2, 0.25) is 5.91 Å². The van der Waals surface area contributed by atoms with Crippen molar-refractivity contribution in [3.8, 4) is 5.69 Å². The summed E-state index contributed by atoms with van der Waals surface area (Å²) in [6.07, 6.45) is 10.3. The van der Waals surface area contributed by atoms with Gasteiger partial charge in [0.15, 0.2) is 0 Å². The highest BCUT2D eigenvalue weighted by Gasteiger charge is 2.46. The summed E-state index contributed by atoms with van der Waals surface area (Å²) < 4.78 is 15.4. The second-order valence-electron chi connectivity index (χ2n) is 11.3. The summed E-state index contributed by atoms with van der Waals surface area (Å²) in [4.78, 5) is 15.5. The van der Waals surface area contributed by atoms with E-state index in [4.69, 9.17) is 0 Å². The van der Waals surface area contributed by atoms with Gasteiger partial charge >= 0.3 is 0 Å². The Morgan fingerprint density at radius 3 is 2.68 bits per heavy atom. The van der Waals surface area contributed by atoms with E-state index in [-0.39, 0.29) is 29.2 Å². The maximum atomic E-state index is 13.5. The van der Waals surface area contributed by atoms with Crippen LogP contribution in [0.4, 0.5) is 4.39 Å². The van der Waals surface area contributed by atoms with Crippen LogP contribution in [0, 0.1) is 17.2 Å². The molecule has 2 aliphatic carbocycles. The third-order valence-corrected chi connectivity index (χ3v) is 9.08. The van der Waals surface area contributed by atoms with Crippen molar-refractivity contribution in [3.05, 3.63) is 89.0 Å². The van der Waals surface area contributed by atoms with Crippen molar-refractivity contribution in [1.29, 1.82) is 0 Å². The van der Waals surface area contributed by atoms with E-state index in [1.807, 2.05) is 16.9 Å². The number of hydrogen-bond donors (Lipinski definition) is 1. The maximum absolute atomic E-state index is 13.5. The summed E-state index contributed by atoms with van der Waals surface area (Å²) >= 11 is 0. The van der Waals surface area contributed by atoms with Crippen LogP contribution in [0.1, 0.15) is 61.9 Å². The van der Waals surface area contributed by atoms with E-state index >= 15 is 0 Å². The van der Waals surface area contributed by atoms with Crippen LogP contribution in [-0.4, -0.2) is 40.2 Å². The Kier molecular flexibility index (Phi) is 6.23. The van der Waals surface area contributed by atoms with Crippen LogP contribution in [0.25, 0.3) is 11.8 Å². The fraction of sp³-hybridized carbons (Fsp3) is 0.419. The van der Waals surface area contributed by atoms with Gasteiger partial charge in [-0.2, -0.15) is 5.10 Å². The van der Waals surface area contributed by atoms with E-state index in [2.05, 4.69) is 59.6 Å². The quantitative estimate of drug-likeness (QED) is 0.474. The van der Waals surface area contributed by atoms with Crippen molar-refractivity contribution < 1.29 is 9.18 Å². The average Bonchev–Trinajstić information content (AvgIpc) is 3.60. The molecule has 4 atom stereocenters. The first-order valence-electron chi connectivity index (χ1n) is 13.5. The largest absolute Gasteiger partial charge is 0.348 e. The van der Waals surface area contributed by atoms with E-state index in [0.717, 1.165) is 56.5 Å². The van der Waals surface area contributed by atoms with Crippen molar-refractivity contribution in [3.63, 3.8) is 0 Å². The lowest BCUT2D eigenvalue weighted by atomic mass is 9.68. The smallest absolute Gasteiger partial charge is 0.237 e. The predicted molar refractivity (Wildman–Crippen MR) is 144 cm³/mol. The van der Waals surface area contributed by atoms with Gasteiger partial charge in [0.05, 0.1) is 29.7 Å². The molecule has 0 spiro atoms. The van der Waals surface area contributed by atoms with Gasteiger partial charge in [-0.3, -0.25) is 9.69 Å². The molecule has 1 aliphatic heterocycles. The fourth-order valence-electron chi connectivity index (χ4n) is 6.86. The number of amides is 1. The van der Waals surface area contributed by atoms with Gasteiger partial charge in [0.25, 0.3) is 0 Å². The Labute approximate surface area is 218 Å². The third kappa shape index (κ3) is 4.42. The first-order valence-corrected chi connectivity index (χ1v) is 13.5. The van der Waals surface area contributed by atoms with Crippen LogP contribution in [0.15, 0.2) is 66.4 Å². The van der Waals surface area contributed by atoms with E-state index in [9.17, 15) is 9.18 Å². The average molecular weight is 499 g/mol. The zero-order valence-electron chi connectivity index (χ0n) is 21.7. The van der Waals surface area contributed by atoms with Crippen LogP contribution < -0.4 is 5.32 Å². The normalized spacial score (nSPS) is 25.9. The first-order chi connectivity index (χ1) is 17.9. The highest BCUT2D eigenvalue weighted by Crippen LogP contribution is 2.55. The zero-order chi connectivity index (χ0) is 25.6. The molecule has 1 amide bonds. The van der Waals surface area contributed by atoms with Gasteiger partial charge in [-0.25, -0.2) is 9.07 Å². The number of carbonyl (C=O) groups is 1. The second-order valence-corrected chi connectivity index (χ2v) is 11.3. The molecule has 0 radical (unpaired) electrons. The third-order valence-electron chi connectivity index (χ3n) is 9.08. The predicted octanol–water partition coefficient (Wildman–Crippen LogP) is 5.71. The van der Waals surface area contributed by atoms with E-state index < -0.39 is 0 Å². The second kappa shape index (κ2) is 9.56. The number of likely N-dealkylation sites (N-methyl/N-ethyl adjacent to an activating group) is 1. The van der Waals surface area contributed by atoms with Crippen LogP contribution in [-0.2, 0) is 11.2 Å². The SMILES string of the molecule is CN1CCC[C@H]1C(=O)NC(C[C@H]1CCC2=Cc3c(cnn3-c3ccc(F)cc3)C[C@@]21C)c1ccccc1. The standard InChI is InChI=1S/C31H35FN4O/c1-31-19-22-20-33-36(26-14-12-25(32)13-15-26)29(22)18-24(31)11-10-23(31)17-27(21-7-4-3-5-8-21)34-30(37)28-9-6-16-35(28)2/h3-5,7-8,12-15,18,20,23,27-28H,6,9-11,16-17,19H2,1-2H3,(H,34,37)/t23-,27?,28+,31-/m1/s1. The number of hydrogen-bond acceptors (Lipinski definition) is 3. The van der Waals surface area contributed by atoms with Crippen molar-refractivity contribution in [2.45, 2.75) is 57.5 Å². The number of fused-ring (bicyclic) bond motifs is 2. The van der Waals surface area contributed by atoms with Crippen molar-refractivity contribution >= 4 is 12.0 Å². The number of nitrogens with zero attached hydrogens (tertiary/aromatic N) is 3. The van der Waals surface area contributed by atoms with Gasteiger partial charge in [-0.1, -0.05) is 42.8 Å². The lowest BCUT2D eigenvalue weighted by Crippen LogP contribution is -2.43. The Morgan fingerprint density at radius 2 is 1.95 bits per heavy atom. The highest BCUT2D eigenvalue weighted by molar-refractivity contribution is 5.82. The summed E-state index contributed by atoms with van der Waals surface area (Å²) in [5.74, 6) is 0.362. The van der Waals surface area contributed by atoms with Gasteiger partial charge in [-0.05, 0) is 105 Å². The van der Waals surface area contributed by atoms with Crippen LogP contribution in [0.5, 0.6) is 0 Å². The minimum atomic E-state index is -0.242. The molecule has 1 unspecified atom stereocenters. The Balaban J connectivity index is 1.26. The molecule has 2 heterocycles. The lowest BCUT2D eigenvalue weighted by molar-refractivity contribution is -0.126. The minimum Gasteiger partial charge on any atom is -0.348 e. The molecule has 37 heavy (non-hydrogen) atoms. The lowest BCUT2D eigenvalue weighted by Gasteiger charge is -2.38. The highest BCUT2D eigenvalue weighted by atomic mass is 19.1. The van der Waals surface area contributed by atoms with Gasteiger partial charge in [0.1, 0.15) is 5.82 Å². The topological polar surface area (TPSA) is 50.2 Å². The van der Waals surface area contributed by atoms with E-state index in [0.29, 0.717) is 5.92 Å². The van der Waals surface area contributed by atoms with Gasteiger partial charge in [0, 0.05) is 0 Å². The summed E-state index contributed by atoms with van der Waals surface area (Å²) in [7, 11) is 2.05. The number of allylic oxidation sites excluding steroid dienone is 1. The van der Waals surface area contributed by atoms with E-state index in [1.165, 1.54) is 28.8 Å². The molecule has 6 rings (SSSR count). The van der Waals surface area contributed by atoms with Crippen LogP contribution in [0.3, 0.4) is 0 Å². The van der Waals surface area contributed by atoms with Crippen LogP contribution >= 0.6 is 0 Å². The summed E-state index contributed by atoms with van der Waals surface area (Å²) in [5, 5.41) is 8.12. The van der Waals surface area contributed by atoms with Crippen LogP contribution in [0.2, 0.25) is 0 Å². The molecule has 1 N–H and O–H groups in total. The number of rotatable bonds is 6. The Bertz CT molecular complexity index is 1310. The van der Waals surface area contributed by atoms with Crippen molar-refractivity contribution in [2.24, 2.45) is 11.3 Å². The Morgan fingerprint density at radius 1 is 1.16 bits per heavy atom. The summed E-state index contributed by atoms with van der Waals surface area (Å²) in [5.41, 5.74) is 5.89. The molecule has 5 nitrogen and oxygen atoms in total. The molecular formula is C31H35FN4O. The summed E-state index contributed by atoms with van der Waals surface area (Å²) in [6, 6.07) is 16.9. The first kappa shape index (κ1) is 24.1. The zero-order valence-corrected chi connectivity index (χ0v) is 21.7. The molecule has 2 fully saturated rings. The molecule has 3 aromatic rings. The molecular weight excluding hydrogens is 463 g/mol. The fourth-order valence-corrected chi connectivity index (χ4v) is 6.86. The van der Waals surface area contributed by atoms with Crippen molar-refractivity contribution in [1.82, 2.24) is 20.0 Å². The molecule has 3 aliphatic rings. The number of benzene rings is 2. The molecule has 2 aromatic carbocycles. The molecule has 0 bridgehead atoms. The number of nitrogens with one attached hydrogen (secondary N) is 1. The number of carbonyl (C=O) groups excluding carboxylic acids is 1. The summed E-state index contributed by atoms with van der Waals surface area (Å²) in [6.45, 7) is 3.38. The Hall–Kier alpha value is -3.25. The molecule has 1 aromatic heterocycles. The number of likely N-dealkylation sites (tertiary alicyclic amines) is 1. The van der Waals surface area contributed by atoms with Gasteiger partial charge in [-0.15, -0.1) is 0 Å². The monoisotopic (exact) mass is 498 g/mol. The number of aromatic nitrogens is 2. The molecule has 6 heteroatoms. The van der Waals surface area contributed by atoms with Crippen molar-refractivity contribution in [2.75, 3.05) is 13.6 Å².